The third-order valence-corrected chi connectivity index (χ3v) is 1.33. The second kappa shape index (κ2) is 4.05. The summed E-state index contributed by atoms with van der Waals surface area (Å²) in [5.74, 6) is -0.217. The van der Waals surface area contributed by atoms with Crippen LogP contribution in [-0.2, 0) is 11.4 Å². The lowest BCUT2D eigenvalue weighted by Crippen LogP contribution is -2.10. The highest BCUT2D eigenvalue weighted by atomic mass is 19.1. The molecule has 60 valence electrons. The molecular formula is C8H10FNO. The van der Waals surface area contributed by atoms with Crippen molar-refractivity contribution in [2.45, 2.75) is 6.54 Å². The second-order valence-corrected chi connectivity index (χ2v) is 2.15. The predicted molar refractivity (Wildman–Crippen MR) is 40.2 cm³/mol. The molecule has 0 atom stereocenters. The van der Waals surface area contributed by atoms with Gasteiger partial charge in [-0.05, 0) is 17.7 Å². The Morgan fingerprint density at radius 2 is 2.00 bits per heavy atom. The standard InChI is InChI=1S/C8H10FNO/c1-11-10-6-7-2-4-8(9)5-3-7/h2-5,10H,6H2,1H3. The van der Waals surface area contributed by atoms with Gasteiger partial charge in [0, 0.05) is 6.54 Å². The van der Waals surface area contributed by atoms with E-state index < -0.39 is 0 Å². The van der Waals surface area contributed by atoms with Crippen molar-refractivity contribution in [3.8, 4) is 0 Å². The van der Waals surface area contributed by atoms with Crippen LogP contribution in [0.5, 0.6) is 0 Å². The summed E-state index contributed by atoms with van der Waals surface area (Å²) in [5.41, 5.74) is 3.66. The summed E-state index contributed by atoms with van der Waals surface area (Å²) in [6.07, 6.45) is 0. The maximum atomic E-state index is 12.4. The monoisotopic (exact) mass is 155 g/mol. The first-order valence-corrected chi connectivity index (χ1v) is 3.33. The third-order valence-electron chi connectivity index (χ3n) is 1.33. The van der Waals surface area contributed by atoms with Crippen molar-refractivity contribution in [2.75, 3.05) is 7.11 Å². The fourth-order valence-corrected chi connectivity index (χ4v) is 0.758. The Kier molecular flexibility index (Phi) is 3.01. The van der Waals surface area contributed by atoms with Crippen LogP contribution in [0.15, 0.2) is 24.3 Å². The van der Waals surface area contributed by atoms with Crippen LogP contribution in [0.2, 0.25) is 0 Å². The van der Waals surface area contributed by atoms with Crippen LogP contribution in [0.3, 0.4) is 0 Å². The predicted octanol–water partition coefficient (Wildman–Crippen LogP) is 1.48. The first-order chi connectivity index (χ1) is 5.33. The zero-order valence-corrected chi connectivity index (χ0v) is 6.30. The molecule has 0 aromatic heterocycles. The minimum Gasteiger partial charge on any atom is -0.305 e. The third kappa shape index (κ3) is 2.65. The Morgan fingerprint density at radius 3 is 2.55 bits per heavy atom. The van der Waals surface area contributed by atoms with E-state index in [1.807, 2.05) is 0 Å². The van der Waals surface area contributed by atoms with Gasteiger partial charge in [0.05, 0.1) is 7.11 Å². The minimum absolute atomic E-state index is 0.217. The van der Waals surface area contributed by atoms with Gasteiger partial charge in [-0.1, -0.05) is 12.1 Å². The van der Waals surface area contributed by atoms with E-state index in [1.165, 1.54) is 12.1 Å². The molecule has 0 saturated heterocycles. The highest BCUT2D eigenvalue weighted by molar-refractivity contribution is 5.15. The largest absolute Gasteiger partial charge is 0.305 e. The number of halogens is 1. The van der Waals surface area contributed by atoms with E-state index in [4.69, 9.17) is 0 Å². The van der Waals surface area contributed by atoms with Gasteiger partial charge in [0.2, 0.25) is 0 Å². The van der Waals surface area contributed by atoms with Crippen LogP contribution < -0.4 is 5.48 Å². The summed E-state index contributed by atoms with van der Waals surface area (Å²) >= 11 is 0. The Hall–Kier alpha value is -0.930. The van der Waals surface area contributed by atoms with E-state index in [2.05, 4.69) is 10.3 Å². The van der Waals surface area contributed by atoms with Crippen molar-refractivity contribution in [3.05, 3.63) is 35.6 Å². The van der Waals surface area contributed by atoms with Crippen LogP contribution in [0, 0.1) is 5.82 Å². The molecular weight excluding hydrogens is 145 g/mol. The average Bonchev–Trinajstić information content (AvgIpc) is 2.04. The molecule has 0 fully saturated rings. The van der Waals surface area contributed by atoms with Crippen molar-refractivity contribution < 1.29 is 9.23 Å². The van der Waals surface area contributed by atoms with Crippen molar-refractivity contribution in [1.29, 1.82) is 0 Å². The van der Waals surface area contributed by atoms with Gasteiger partial charge in [0.25, 0.3) is 0 Å². The fourth-order valence-electron chi connectivity index (χ4n) is 0.758. The van der Waals surface area contributed by atoms with E-state index in [0.29, 0.717) is 6.54 Å². The van der Waals surface area contributed by atoms with Gasteiger partial charge in [-0.25, -0.2) is 4.39 Å². The molecule has 0 aliphatic heterocycles. The van der Waals surface area contributed by atoms with Crippen LogP contribution in [0.25, 0.3) is 0 Å². The van der Waals surface area contributed by atoms with Crippen LogP contribution in [0.1, 0.15) is 5.56 Å². The lowest BCUT2D eigenvalue weighted by Gasteiger charge is -2.00. The summed E-state index contributed by atoms with van der Waals surface area (Å²) in [6, 6.07) is 6.27. The Labute approximate surface area is 64.9 Å². The molecule has 1 N–H and O–H groups in total. The molecule has 0 aliphatic carbocycles. The first kappa shape index (κ1) is 8.17. The Morgan fingerprint density at radius 1 is 1.36 bits per heavy atom. The number of rotatable bonds is 3. The van der Waals surface area contributed by atoms with Crippen molar-refractivity contribution in [2.24, 2.45) is 0 Å². The molecule has 0 spiro atoms. The molecule has 0 saturated carbocycles. The normalized spacial score (nSPS) is 10.0. The number of hydrogen-bond donors (Lipinski definition) is 1. The van der Waals surface area contributed by atoms with Crippen molar-refractivity contribution in [3.63, 3.8) is 0 Å². The van der Waals surface area contributed by atoms with Gasteiger partial charge in [0.1, 0.15) is 5.82 Å². The molecule has 0 aliphatic rings. The minimum atomic E-state index is -0.217. The van der Waals surface area contributed by atoms with Gasteiger partial charge in [-0.15, -0.1) is 0 Å². The van der Waals surface area contributed by atoms with Crippen molar-refractivity contribution in [1.82, 2.24) is 5.48 Å². The molecule has 0 radical (unpaired) electrons. The van der Waals surface area contributed by atoms with Gasteiger partial charge in [-0.3, -0.25) is 0 Å². The van der Waals surface area contributed by atoms with E-state index >= 15 is 0 Å². The highest BCUT2D eigenvalue weighted by Crippen LogP contribution is 2.01. The van der Waals surface area contributed by atoms with Crippen LogP contribution in [-0.4, -0.2) is 7.11 Å². The van der Waals surface area contributed by atoms with E-state index in [-0.39, 0.29) is 5.82 Å². The average molecular weight is 155 g/mol. The highest BCUT2D eigenvalue weighted by Gasteiger charge is 1.91. The molecule has 0 unspecified atom stereocenters. The molecule has 0 amide bonds. The van der Waals surface area contributed by atoms with Crippen LogP contribution in [0.4, 0.5) is 4.39 Å². The molecule has 1 rings (SSSR count). The second-order valence-electron chi connectivity index (χ2n) is 2.15. The molecule has 1 aromatic rings. The smallest absolute Gasteiger partial charge is 0.123 e. The number of hydrogen-bond acceptors (Lipinski definition) is 2. The summed E-state index contributed by atoms with van der Waals surface area (Å²) in [4.78, 5) is 4.63. The SMILES string of the molecule is CONCc1ccc(F)cc1. The maximum absolute atomic E-state index is 12.4. The Bertz CT molecular complexity index is 210. The fraction of sp³-hybridized carbons (Fsp3) is 0.250. The summed E-state index contributed by atoms with van der Waals surface area (Å²) in [7, 11) is 1.55. The van der Waals surface area contributed by atoms with E-state index in [9.17, 15) is 4.39 Å². The molecule has 3 heteroatoms. The van der Waals surface area contributed by atoms with Gasteiger partial charge < -0.3 is 4.84 Å². The molecule has 0 bridgehead atoms. The zero-order valence-electron chi connectivity index (χ0n) is 6.30. The van der Waals surface area contributed by atoms with Gasteiger partial charge >= 0.3 is 0 Å². The molecule has 11 heavy (non-hydrogen) atoms. The number of hydroxylamine groups is 1. The summed E-state index contributed by atoms with van der Waals surface area (Å²) < 4.78 is 12.4. The maximum Gasteiger partial charge on any atom is 0.123 e. The molecule has 0 heterocycles. The zero-order chi connectivity index (χ0) is 8.10. The lowest BCUT2D eigenvalue weighted by atomic mass is 10.2. The first-order valence-electron chi connectivity index (χ1n) is 3.33. The quantitative estimate of drug-likeness (QED) is 0.667. The van der Waals surface area contributed by atoms with E-state index in [1.54, 1.807) is 19.2 Å². The Balaban J connectivity index is 2.52. The number of nitrogens with one attached hydrogen (secondary N) is 1. The van der Waals surface area contributed by atoms with E-state index in [0.717, 1.165) is 5.56 Å². The summed E-state index contributed by atoms with van der Waals surface area (Å²) in [6.45, 7) is 0.594. The van der Waals surface area contributed by atoms with Gasteiger partial charge in [-0.2, -0.15) is 5.48 Å². The topological polar surface area (TPSA) is 21.3 Å². The van der Waals surface area contributed by atoms with Crippen molar-refractivity contribution >= 4 is 0 Å². The lowest BCUT2D eigenvalue weighted by molar-refractivity contribution is 0.0867. The summed E-state index contributed by atoms with van der Waals surface area (Å²) in [5, 5.41) is 0. The molecule has 1 aromatic carbocycles. The van der Waals surface area contributed by atoms with Gasteiger partial charge in [0.15, 0.2) is 0 Å². The number of benzene rings is 1. The van der Waals surface area contributed by atoms with Crippen LogP contribution >= 0.6 is 0 Å². The molecule has 2 nitrogen and oxygen atoms in total.